The van der Waals surface area contributed by atoms with Gasteiger partial charge in [0.05, 0.1) is 6.10 Å². The zero-order valence-corrected chi connectivity index (χ0v) is 9.98. The quantitative estimate of drug-likeness (QED) is 0.200. The van der Waals surface area contributed by atoms with Gasteiger partial charge in [0, 0.05) is 19.1 Å². The van der Waals surface area contributed by atoms with E-state index in [4.69, 9.17) is 15.7 Å². The second kappa shape index (κ2) is 7.46. The number of oxime groups is 1. The summed E-state index contributed by atoms with van der Waals surface area (Å²) >= 11 is 0. The molecule has 1 aliphatic rings. The Hall–Kier alpha value is -0.810. The molecule has 0 aromatic heterocycles. The molecule has 0 bridgehead atoms. The SMILES string of the molecule is CC(NCCCCC(N)=NO)C1CCCO1. The predicted molar refractivity (Wildman–Crippen MR) is 63.7 cm³/mol. The van der Waals surface area contributed by atoms with Crippen LogP contribution in [-0.4, -0.2) is 36.3 Å². The number of nitrogens with zero attached hydrogens (tertiary/aromatic N) is 1. The average molecular weight is 229 g/mol. The highest BCUT2D eigenvalue weighted by atomic mass is 16.5. The molecule has 1 aliphatic heterocycles. The Balaban J connectivity index is 1.98. The summed E-state index contributed by atoms with van der Waals surface area (Å²) in [6.45, 7) is 4.03. The van der Waals surface area contributed by atoms with Gasteiger partial charge in [0.15, 0.2) is 0 Å². The Morgan fingerprint density at radius 3 is 3.06 bits per heavy atom. The fourth-order valence-corrected chi connectivity index (χ4v) is 1.94. The Labute approximate surface area is 97.0 Å². The van der Waals surface area contributed by atoms with E-state index in [9.17, 15) is 0 Å². The first-order valence-corrected chi connectivity index (χ1v) is 6.05. The van der Waals surface area contributed by atoms with Crippen LogP contribution in [0.5, 0.6) is 0 Å². The van der Waals surface area contributed by atoms with E-state index in [1.165, 1.54) is 6.42 Å². The molecule has 4 N–H and O–H groups in total. The molecule has 2 unspecified atom stereocenters. The van der Waals surface area contributed by atoms with Gasteiger partial charge in [-0.05, 0) is 39.2 Å². The van der Waals surface area contributed by atoms with Crippen molar-refractivity contribution in [3.8, 4) is 0 Å². The van der Waals surface area contributed by atoms with Crippen molar-refractivity contribution < 1.29 is 9.94 Å². The van der Waals surface area contributed by atoms with Gasteiger partial charge in [-0.3, -0.25) is 0 Å². The number of unbranched alkanes of at least 4 members (excludes halogenated alkanes) is 1. The minimum atomic E-state index is 0.312. The number of hydrogen-bond acceptors (Lipinski definition) is 4. The van der Waals surface area contributed by atoms with E-state index >= 15 is 0 Å². The van der Waals surface area contributed by atoms with Crippen LogP contribution in [0.25, 0.3) is 0 Å². The van der Waals surface area contributed by atoms with E-state index in [1.807, 2.05) is 0 Å². The van der Waals surface area contributed by atoms with Gasteiger partial charge >= 0.3 is 0 Å². The highest BCUT2D eigenvalue weighted by Gasteiger charge is 2.21. The van der Waals surface area contributed by atoms with Crippen LogP contribution in [0.2, 0.25) is 0 Å². The zero-order valence-electron chi connectivity index (χ0n) is 9.98. The Morgan fingerprint density at radius 1 is 1.62 bits per heavy atom. The topological polar surface area (TPSA) is 79.9 Å². The summed E-state index contributed by atoms with van der Waals surface area (Å²) in [5.41, 5.74) is 5.37. The van der Waals surface area contributed by atoms with Crippen molar-refractivity contribution in [3.63, 3.8) is 0 Å². The van der Waals surface area contributed by atoms with Gasteiger partial charge in [0.2, 0.25) is 0 Å². The van der Waals surface area contributed by atoms with Crippen LogP contribution in [0, 0.1) is 0 Å². The number of rotatable bonds is 7. The maximum absolute atomic E-state index is 8.35. The molecule has 2 atom stereocenters. The molecule has 1 fully saturated rings. The van der Waals surface area contributed by atoms with Crippen molar-refractivity contribution in [2.24, 2.45) is 10.9 Å². The van der Waals surface area contributed by atoms with Crippen molar-refractivity contribution >= 4 is 5.84 Å². The van der Waals surface area contributed by atoms with Gasteiger partial charge in [0.25, 0.3) is 0 Å². The van der Waals surface area contributed by atoms with E-state index in [1.54, 1.807) is 0 Å². The maximum Gasteiger partial charge on any atom is 0.139 e. The lowest BCUT2D eigenvalue weighted by molar-refractivity contribution is 0.0837. The summed E-state index contributed by atoms with van der Waals surface area (Å²) in [5.74, 6) is 0.312. The van der Waals surface area contributed by atoms with Crippen LogP contribution < -0.4 is 11.1 Å². The third-order valence-corrected chi connectivity index (χ3v) is 2.98. The summed E-state index contributed by atoms with van der Waals surface area (Å²) in [6.07, 6.45) is 5.36. The van der Waals surface area contributed by atoms with Crippen molar-refractivity contribution in [1.29, 1.82) is 0 Å². The van der Waals surface area contributed by atoms with Crippen LogP contribution in [0.1, 0.15) is 39.0 Å². The van der Waals surface area contributed by atoms with Gasteiger partial charge in [-0.2, -0.15) is 0 Å². The summed E-state index contributed by atoms with van der Waals surface area (Å²) < 4.78 is 5.59. The highest BCUT2D eigenvalue weighted by Crippen LogP contribution is 2.15. The lowest BCUT2D eigenvalue weighted by atomic mass is 10.1. The smallest absolute Gasteiger partial charge is 0.139 e. The molecule has 16 heavy (non-hydrogen) atoms. The molecule has 1 heterocycles. The number of hydrogen-bond donors (Lipinski definition) is 3. The predicted octanol–water partition coefficient (Wildman–Crippen LogP) is 1.06. The van der Waals surface area contributed by atoms with E-state index in [0.29, 0.717) is 24.4 Å². The summed E-state index contributed by atoms with van der Waals surface area (Å²) in [5, 5.41) is 14.7. The van der Waals surface area contributed by atoms with Crippen molar-refractivity contribution in [3.05, 3.63) is 0 Å². The van der Waals surface area contributed by atoms with Gasteiger partial charge in [-0.15, -0.1) is 0 Å². The van der Waals surface area contributed by atoms with E-state index in [2.05, 4.69) is 17.4 Å². The minimum absolute atomic E-state index is 0.312. The molecule has 1 saturated heterocycles. The largest absolute Gasteiger partial charge is 0.409 e. The molecule has 0 saturated carbocycles. The van der Waals surface area contributed by atoms with Crippen molar-refractivity contribution in [2.45, 2.75) is 51.2 Å². The first-order chi connectivity index (χ1) is 7.74. The van der Waals surface area contributed by atoms with Crippen LogP contribution in [0.3, 0.4) is 0 Å². The second-order valence-corrected chi connectivity index (χ2v) is 4.34. The lowest BCUT2D eigenvalue weighted by Gasteiger charge is -2.19. The Morgan fingerprint density at radius 2 is 2.44 bits per heavy atom. The average Bonchev–Trinajstić information content (AvgIpc) is 2.81. The fourth-order valence-electron chi connectivity index (χ4n) is 1.94. The lowest BCUT2D eigenvalue weighted by Crippen LogP contribution is -2.37. The molecule has 0 amide bonds. The Kier molecular flexibility index (Phi) is 6.18. The molecule has 0 aromatic rings. The van der Waals surface area contributed by atoms with Crippen LogP contribution in [-0.2, 0) is 4.74 Å². The second-order valence-electron chi connectivity index (χ2n) is 4.34. The summed E-state index contributed by atoms with van der Waals surface area (Å²) in [7, 11) is 0. The number of nitrogens with two attached hydrogens (primary N) is 1. The number of amidine groups is 1. The molecule has 0 radical (unpaired) electrons. The van der Waals surface area contributed by atoms with Gasteiger partial charge in [-0.1, -0.05) is 5.16 Å². The van der Waals surface area contributed by atoms with Crippen LogP contribution in [0.15, 0.2) is 5.16 Å². The number of ether oxygens (including phenoxy) is 1. The molecule has 1 rings (SSSR count). The third kappa shape index (κ3) is 4.81. The molecular formula is C11H23N3O2. The monoisotopic (exact) mass is 229 g/mol. The highest BCUT2D eigenvalue weighted by molar-refractivity contribution is 5.79. The molecule has 0 aromatic carbocycles. The first-order valence-electron chi connectivity index (χ1n) is 6.05. The van der Waals surface area contributed by atoms with E-state index < -0.39 is 0 Å². The third-order valence-electron chi connectivity index (χ3n) is 2.98. The maximum atomic E-state index is 8.35. The molecule has 5 heteroatoms. The zero-order chi connectivity index (χ0) is 11.8. The molecular weight excluding hydrogens is 206 g/mol. The van der Waals surface area contributed by atoms with E-state index in [-0.39, 0.29) is 0 Å². The van der Waals surface area contributed by atoms with E-state index in [0.717, 1.165) is 32.4 Å². The molecule has 0 spiro atoms. The van der Waals surface area contributed by atoms with Gasteiger partial charge in [0.1, 0.15) is 5.84 Å². The molecule has 94 valence electrons. The normalized spacial score (nSPS) is 23.6. The first kappa shape index (κ1) is 13.3. The minimum Gasteiger partial charge on any atom is -0.409 e. The van der Waals surface area contributed by atoms with Gasteiger partial charge in [-0.25, -0.2) is 0 Å². The number of nitrogens with one attached hydrogen (secondary N) is 1. The summed E-state index contributed by atoms with van der Waals surface area (Å²) in [4.78, 5) is 0. The van der Waals surface area contributed by atoms with Gasteiger partial charge < -0.3 is 21.0 Å². The Bertz CT molecular complexity index is 215. The molecule has 5 nitrogen and oxygen atoms in total. The van der Waals surface area contributed by atoms with Crippen molar-refractivity contribution in [2.75, 3.05) is 13.2 Å². The van der Waals surface area contributed by atoms with Crippen LogP contribution >= 0.6 is 0 Å². The van der Waals surface area contributed by atoms with Crippen LogP contribution in [0.4, 0.5) is 0 Å². The standard InChI is InChI=1S/C11H23N3O2/c1-9(10-5-4-8-16-10)13-7-3-2-6-11(12)14-15/h9-10,13,15H,2-8H2,1H3,(H2,12,14). The fraction of sp³-hybridized carbons (Fsp3) is 0.909. The molecule has 0 aliphatic carbocycles. The summed E-state index contributed by atoms with van der Waals surface area (Å²) in [6, 6.07) is 0.423. The van der Waals surface area contributed by atoms with Crippen molar-refractivity contribution in [1.82, 2.24) is 5.32 Å².